The molecule has 3 rings (SSSR count). The molecule has 0 aliphatic rings. The molecule has 3 heterocycles. The lowest BCUT2D eigenvalue weighted by molar-refractivity contribution is 0.983. The summed E-state index contributed by atoms with van der Waals surface area (Å²) in [6.07, 6.45) is 3.37. The molecule has 3 aromatic rings. The lowest BCUT2D eigenvalue weighted by atomic mass is 10.2. The second kappa shape index (κ2) is 7.57. The van der Waals surface area contributed by atoms with Crippen LogP contribution in [0.1, 0.15) is 28.2 Å². The molecule has 0 fully saturated rings. The van der Waals surface area contributed by atoms with Crippen molar-refractivity contribution in [3.8, 4) is 11.4 Å². The number of pyridine rings is 1. The third kappa shape index (κ3) is 4.30. The Bertz CT molecular complexity index is 914. The fourth-order valence-corrected chi connectivity index (χ4v) is 3.51. The van der Waals surface area contributed by atoms with Gasteiger partial charge in [0.25, 0.3) is 5.56 Å². The number of aryl methyl sites for hydroxylation is 3. The summed E-state index contributed by atoms with van der Waals surface area (Å²) < 4.78 is 0. The molecule has 6 nitrogen and oxygen atoms in total. The molecular formula is C18H21N5OS. The van der Waals surface area contributed by atoms with Crippen molar-refractivity contribution in [3.05, 3.63) is 56.0 Å². The van der Waals surface area contributed by atoms with Crippen LogP contribution in [0.25, 0.3) is 11.4 Å². The van der Waals surface area contributed by atoms with E-state index in [4.69, 9.17) is 0 Å². The van der Waals surface area contributed by atoms with Crippen LogP contribution in [-0.4, -0.2) is 26.5 Å². The number of thiazole rings is 1. The molecule has 0 atom stereocenters. The van der Waals surface area contributed by atoms with E-state index >= 15 is 0 Å². The lowest BCUT2D eigenvalue weighted by Crippen LogP contribution is -2.10. The van der Waals surface area contributed by atoms with E-state index in [1.807, 2.05) is 32.9 Å². The summed E-state index contributed by atoms with van der Waals surface area (Å²) in [5, 5.41) is 4.42. The van der Waals surface area contributed by atoms with Crippen LogP contribution < -0.4 is 10.9 Å². The lowest BCUT2D eigenvalue weighted by Gasteiger charge is -2.07. The summed E-state index contributed by atoms with van der Waals surface area (Å²) in [5.41, 5.74) is 2.54. The first-order chi connectivity index (χ1) is 12.0. The monoisotopic (exact) mass is 355 g/mol. The second-order valence-electron chi connectivity index (χ2n) is 5.79. The van der Waals surface area contributed by atoms with Gasteiger partial charge in [-0.05, 0) is 32.4 Å². The summed E-state index contributed by atoms with van der Waals surface area (Å²) in [6, 6.07) is 5.34. The van der Waals surface area contributed by atoms with Crippen molar-refractivity contribution >= 4 is 17.2 Å². The largest absolute Gasteiger partial charge is 0.370 e. The molecule has 3 aromatic heterocycles. The Morgan fingerprint density at radius 1 is 1.24 bits per heavy atom. The molecule has 7 heteroatoms. The smallest absolute Gasteiger partial charge is 0.251 e. The van der Waals surface area contributed by atoms with E-state index in [9.17, 15) is 4.79 Å². The van der Waals surface area contributed by atoms with Crippen LogP contribution in [0.2, 0.25) is 0 Å². The third-order valence-corrected chi connectivity index (χ3v) is 4.98. The van der Waals surface area contributed by atoms with E-state index in [0.29, 0.717) is 5.82 Å². The van der Waals surface area contributed by atoms with E-state index < -0.39 is 0 Å². The van der Waals surface area contributed by atoms with Gasteiger partial charge in [0, 0.05) is 41.4 Å². The number of rotatable bonds is 6. The highest BCUT2D eigenvalue weighted by Gasteiger charge is 2.06. The predicted molar refractivity (Wildman–Crippen MR) is 101 cm³/mol. The molecule has 2 N–H and O–H groups in total. The van der Waals surface area contributed by atoms with Gasteiger partial charge in [-0.2, -0.15) is 0 Å². The van der Waals surface area contributed by atoms with E-state index in [-0.39, 0.29) is 5.56 Å². The Balaban J connectivity index is 1.65. The number of aromatic nitrogens is 4. The van der Waals surface area contributed by atoms with Gasteiger partial charge < -0.3 is 10.3 Å². The van der Waals surface area contributed by atoms with Gasteiger partial charge in [0.15, 0.2) is 0 Å². The summed E-state index contributed by atoms with van der Waals surface area (Å²) in [5.74, 6) is 1.36. The number of anilines is 1. The van der Waals surface area contributed by atoms with Gasteiger partial charge in [-0.3, -0.25) is 4.79 Å². The molecule has 25 heavy (non-hydrogen) atoms. The number of aromatic amines is 1. The van der Waals surface area contributed by atoms with Crippen LogP contribution in [0, 0.1) is 13.8 Å². The normalized spacial score (nSPS) is 10.8. The first-order valence-corrected chi connectivity index (χ1v) is 9.10. The molecule has 0 saturated carbocycles. The van der Waals surface area contributed by atoms with Crippen LogP contribution >= 0.6 is 11.3 Å². The molecule has 0 aromatic carbocycles. The van der Waals surface area contributed by atoms with Crippen LogP contribution in [0.3, 0.4) is 0 Å². The van der Waals surface area contributed by atoms with Gasteiger partial charge in [-0.15, -0.1) is 11.3 Å². The Hall–Kier alpha value is -2.54. The Morgan fingerprint density at radius 2 is 2.08 bits per heavy atom. The van der Waals surface area contributed by atoms with Crippen LogP contribution in [-0.2, 0) is 12.8 Å². The predicted octanol–water partition coefficient (Wildman–Crippen LogP) is 3.12. The summed E-state index contributed by atoms with van der Waals surface area (Å²) >= 11 is 1.74. The summed E-state index contributed by atoms with van der Waals surface area (Å²) in [4.78, 5) is 29.0. The van der Waals surface area contributed by atoms with Gasteiger partial charge in [0.1, 0.15) is 11.6 Å². The van der Waals surface area contributed by atoms with Gasteiger partial charge in [0.2, 0.25) is 0 Å². The molecular weight excluding hydrogens is 334 g/mol. The van der Waals surface area contributed by atoms with E-state index in [0.717, 1.165) is 47.2 Å². The first-order valence-electron chi connectivity index (χ1n) is 8.28. The van der Waals surface area contributed by atoms with Crippen LogP contribution in [0.15, 0.2) is 29.2 Å². The summed E-state index contributed by atoms with van der Waals surface area (Å²) in [6.45, 7) is 6.85. The first kappa shape index (κ1) is 17.3. The molecule has 0 radical (unpaired) electrons. The average Bonchev–Trinajstić information content (AvgIpc) is 2.92. The maximum Gasteiger partial charge on any atom is 0.251 e. The maximum atomic E-state index is 11.7. The van der Waals surface area contributed by atoms with Crippen LogP contribution in [0.4, 0.5) is 5.82 Å². The molecule has 0 saturated heterocycles. The highest BCUT2D eigenvalue weighted by molar-refractivity contribution is 7.11. The maximum absolute atomic E-state index is 11.7. The molecule has 130 valence electrons. The molecule has 0 aliphatic carbocycles. The zero-order chi connectivity index (χ0) is 17.8. The van der Waals surface area contributed by atoms with Crippen molar-refractivity contribution in [2.45, 2.75) is 33.6 Å². The van der Waals surface area contributed by atoms with Crippen molar-refractivity contribution < 1.29 is 0 Å². The van der Waals surface area contributed by atoms with Gasteiger partial charge >= 0.3 is 0 Å². The van der Waals surface area contributed by atoms with Crippen molar-refractivity contribution in [1.29, 1.82) is 0 Å². The second-order valence-corrected chi connectivity index (χ2v) is 7.08. The quantitative estimate of drug-likeness (QED) is 0.710. The number of hydrogen-bond donors (Lipinski definition) is 2. The van der Waals surface area contributed by atoms with Crippen molar-refractivity contribution in [3.63, 3.8) is 0 Å². The summed E-state index contributed by atoms with van der Waals surface area (Å²) in [7, 11) is 0. The third-order valence-electron chi connectivity index (χ3n) is 3.85. The number of hydrogen-bond acceptors (Lipinski definition) is 6. The van der Waals surface area contributed by atoms with Gasteiger partial charge in [-0.25, -0.2) is 15.0 Å². The average molecular weight is 355 g/mol. The highest BCUT2D eigenvalue weighted by atomic mass is 32.1. The number of nitrogens with one attached hydrogen (secondary N) is 2. The van der Waals surface area contributed by atoms with E-state index in [1.54, 1.807) is 17.5 Å². The fourth-order valence-electron chi connectivity index (χ4n) is 2.57. The molecule has 0 spiro atoms. The number of nitrogens with zero attached hydrogens (tertiary/aromatic N) is 3. The number of H-pyrrole nitrogens is 1. The molecule has 0 aliphatic heterocycles. The van der Waals surface area contributed by atoms with E-state index in [2.05, 4.69) is 25.3 Å². The minimum atomic E-state index is -0.140. The standard InChI is InChI=1S/C18H21N5OS/c1-4-14-9-17(24)23-18(22-14)13-5-6-16(20-10-13)19-8-7-15-11(2)21-12(3)25-15/h5-6,9-10H,4,7-8H2,1-3H3,(H,19,20)(H,22,23,24). The SMILES string of the molecule is CCc1cc(=O)[nH]c(-c2ccc(NCCc3sc(C)nc3C)nc2)n1. The Labute approximate surface area is 150 Å². The zero-order valence-electron chi connectivity index (χ0n) is 14.6. The Kier molecular flexibility index (Phi) is 5.23. The van der Waals surface area contributed by atoms with Gasteiger partial charge in [0.05, 0.1) is 10.7 Å². The topological polar surface area (TPSA) is 83.6 Å². The van der Waals surface area contributed by atoms with Gasteiger partial charge in [-0.1, -0.05) is 6.92 Å². The van der Waals surface area contributed by atoms with Crippen molar-refractivity contribution in [2.75, 3.05) is 11.9 Å². The molecule has 0 bridgehead atoms. The van der Waals surface area contributed by atoms with Crippen molar-refractivity contribution in [2.24, 2.45) is 0 Å². The van der Waals surface area contributed by atoms with Crippen molar-refractivity contribution in [1.82, 2.24) is 19.9 Å². The van der Waals surface area contributed by atoms with E-state index in [1.165, 1.54) is 10.9 Å². The fraction of sp³-hybridized carbons (Fsp3) is 0.333. The zero-order valence-corrected chi connectivity index (χ0v) is 15.4. The minimum absolute atomic E-state index is 0.140. The molecule has 0 unspecified atom stereocenters. The molecule has 0 amide bonds. The highest BCUT2D eigenvalue weighted by Crippen LogP contribution is 2.18. The Morgan fingerprint density at radius 3 is 2.72 bits per heavy atom. The minimum Gasteiger partial charge on any atom is -0.370 e. The van der Waals surface area contributed by atoms with Crippen LogP contribution in [0.5, 0.6) is 0 Å².